The second kappa shape index (κ2) is 5.16. The Balaban J connectivity index is 2.37. The van der Waals surface area contributed by atoms with E-state index in [9.17, 15) is 0 Å². The molecule has 15 heavy (non-hydrogen) atoms. The largest absolute Gasteiger partial charge is 0.396 e. The van der Waals surface area contributed by atoms with Gasteiger partial charge < -0.3 is 10.6 Å². The highest BCUT2D eigenvalue weighted by molar-refractivity contribution is 5.30. The van der Waals surface area contributed by atoms with Crippen molar-refractivity contribution in [1.29, 1.82) is 0 Å². The number of anilines is 1. The molecule has 0 saturated heterocycles. The molecule has 86 valence electrons. The van der Waals surface area contributed by atoms with Gasteiger partial charge in [-0.1, -0.05) is 13.8 Å². The van der Waals surface area contributed by atoms with Crippen LogP contribution in [0.15, 0.2) is 12.4 Å². The van der Waals surface area contributed by atoms with Gasteiger partial charge in [-0.25, -0.2) is 0 Å². The number of nitrogen functional groups attached to an aromatic ring is 1. The van der Waals surface area contributed by atoms with Crippen LogP contribution >= 0.6 is 0 Å². The van der Waals surface area contributed by atoms with Crippen molar-refractivity contribution in [2.24, 2.45) is 5.92 Å². The number of likely N-dealkylation sites (N-methyl/N-ethyl adjacent to an activating group) is 1. The molecular weight excluding hydrogens is 188 g/mol. The highest BCUT2D eigenvalue weighted by atomic mass is 15.3. The summed E-state index contributed by atoms with van der Waals surface area (Å²) in [5, 5.41) is 4.16. The van der Waals surface area contributed by atoms with Gasteiger partial charge in [0.25, 0.3) is 0 Å². The molecule has 0 fully saturated rings. The molecule has 0 aromatic carbocycles. The monoisotopic (exact) mass is 210 g/mol. The molecule has 1 aromatic rings. The van der Waals surface area contributed by atoms with Gasteiger partial charge in [-0.15, -0.1) is 0 Å². The van der Waals surface area contributed by atoms with Gasteiger partial charge in [-0.05, 0) is 19.9 Å². The zero-order valence-electron chi connectivity index (χ0n) is 10.1. The van der Waals surface area contributed by atoms with E-state index >= 15 is 0 Å². The Morgan fingerprint density at radius 3 is 2.60 bits per heavy atom. The Morgan fingerprint density at radius 1 is 1.47 bits per heavy atom. The van der Waals surface area contributed by atoms with E-state index in [0.29, 0.717) is 12.0 Å². The minimum Gasteiger partial charge on any atom is -0.396 e. The number of nitrogens with two attached hydrogens (primary N) is 1. The minimum absolute atomic E-state index is 0.595. The molecule has 4 heteroatoms. The molecule has 0 bridgehead atoms. The van der Waals surface area contributed by atoms with Gasteiger partial charge in [0.05, 0.1) is 18.4 Å². The van der Waals surface area contributed by atoms with Crippen LogP contribution in [0.3, 0.4) is 0 Å². The molecule has 0 aliphatic carbocycles. The Labute approximate surface area is 92.1 Å². The van der Waals surface area contributed by atoms with Crippen LogP contribution in [-0.4, -0.2) is 34.3 Å². The maximum atomic E-state index is 5.60. The quantitative estimate of drug-likeness (QED) is 0.800. The third-order valence-electron chi connectivity index (χ3n) is 3.00. The van der Waals surface area contributed by atoms with Crippen molar-refractivity contribution in [2.45, 2.75) is 33.4 Å². The molecule has 1 atom stereocenters. The van der Waals surface area contributed by atoms with E-state index in [1.165, 1.54) is 0 Å². The van der Waals surface area contributed by atoms with Crippen LogP contribution in [0.4, 0.5) is 5.69 Å². The first-order chi connectivity index (χ1) is 7.00. The van der Waals surface area contributed by atoms with Gasteiger partial charge in [0.2, 0.25) is 0 Å². The molecule has 2 N–H and O–H groups in total. The van der Waals surface area contributed by atoms with E-state index in [0.717, 1.165) is 18.8 Å². The first-order valence-corrected chi connectivity index (χ1v) is 5.49. The number of nitrogens with zero attached hydrogens (tertiary/aromatic N) is 3. The van der Waals surface area contributed by atoms with Crippen LogP contribution in [0.25, 0.3) is 0 Å². The zero-order chi connectivity index (χ0) is 11.4. The molecular formula is C11H22N4. The zero-order valence-corrected chi connectivity index (χ0v) is 10.1. The predicted molar refractivity (Wildman–Crippen MR) is 63.6 cm³/mol. The molecule has 0 aliphatic rings. The molecule has 0 amide bonds. The Bertz CT molecular complexity index is 293. The molecule has 0 saturated carbocycles. The van der Waals surface area contributed by atoms with Gasteiger partial charge in [-0.2, -0.15) is 5.10 Å². The fourth-order valence-electron chi connectivity index (χ4n) is 1.47. The van der Waals surface area contributed by atoms with Gasteiger partial charge in [0.15, 0.2) is 0 Å². The summed E-state index contributed by atoms with van der Waals surface area (Å²) in [7, 11) is 2.15. The first-order valence-electron chi connectivity index (χ1n) is 5.49. The Morgan fingerprint density at radius 2 is 2.13 bits per heavy atom. The summed E-state index contributed by atoms with van der Waals surface area (Å²) < 4.78 is 1.89. The number of hydrogen-bond acceptors (Lipinski definition) is 3. The molecule has 4 nitrogen and oxygen atoms in total. The van der Waals surface area contributed by atoms with Crippen molar-refractivity contribution in [3.63, 3.8) is 0 Å². The SMILES string of the molecule is CC(C)C(C)N(C)CCn1cc(N)cn1. The predicted octanol–water partition coefficient (Wildman–Crippen LogP) is 1.44. The van der Waals surface area contributed by atoms with E-state index in [-0.39, 0.29) is 0 Å². The van der Waals surface area contributed by atoms with Crippen molar-refractivity contribution >= 4 is 5.69 Å². The van der Waals surface area contributed by atoms with Gasteiger partial charge in [0, 0.05) is 18.8 Å². The first kappa shape index (κ1) is 12.0. The average Bonchev–Trinajstić information content (AvgIpc) is 2.59. The van der Waals surface area contributed by atoms with Crippen LogP contribution in [-0.2, 0) is 6.54 Å². The van der Waals surface area contributed by atoms with Crippen molar-refractivity contribution in [3.8, 4) is 0 Å². The van der Waals surface area contributed by atoms with Gasteiger partial charge in [-0.3, -0.25) is 4.68 Å². The summed E-state index contributed by atoms with van der Waals surface area (Å²) in [6, 6.07) is 0.595. The highest BCUT2D eigenvalue weighted by Crippen LogP contribution is 2.08. The lowest BCUT2D eigenvalue weighted by atomic mass is 10.1. The van der Waals surface area contributed by atoms with Crippen LogP contribution in [0.5, 0.6) is 0 Å². The topological polar surface area (TPSA) is 47.1 Å². The lowest BCUT2D eigenvalue weighted by Gasteiger charge is -2.27. The van der Waals surface area contributed by atoms with E-state index < -0.39 is 0 Å². The van der Waals surface area contributed by atoms with Crippen molar-refractivity contribution in [3.05, 3.63) is 12.4 Å². The summed E-state index contributed by atoms with van der Waals surface area (Å²) in [5.74, 6) is 0.678. The summed E-state index contributed by atoms with van der Waals surface area (Å²) in [4.78, 5) is 2.35. The lowest BCUT2D eigenvalue weighted by molar-refractivity contribution is 0.199. The summed E-state index contributed by atoms with van der Waals surface area (Å²) in [6.07, 6.45) is 3.56. The molecule has 0 aliphatic heterocycles. The van der Waals surface area contributed by atoms with Crippen LogP contribution in [0, 0.1) is 5.92 Å². The normalized spacial score (nSPS) is 13.7. The summed E-state index contributed by atoms with van der Waals surface area (Å²) in [6.45, 7) is 8.63. The van der Waals surface area contributed by atoms with Crippen molar-refractivity contribution in [2.75, 3.05) is 19.3 Å². The molecule has 1 rings (SSSR count). The standard InChI is InChI=1S/C11H22N4/c1-9(2)10(3)14(4)5-6-15-8-11(12)7-13-15/h7-10H,5-6,12H2,1-4H3. The average molecular weight is 210 g/mol. The smallest absolute Gasteiger partial charge is 0.0719 e. The van der Waals surface area contributed by atoms with Crippen LogP contribution < -0.4 is 5.73 Å². The minimum atomic E-state index is 0.595. The van der Waals surface area contributed by atoms with Crippen LogP contribution in [0.2, 0.25) is 0 Å². The van der Waals surface area contributed by atoms with Crippen LogP contribution in [0.1, 0.15) is 20.8 Å². The van der Waals surface area contributed by atoms with Crippen molar-refractivity contribution < 1.29 is 0 Å². The Hall–Kier alpha value is -1.03. The molecule has 0 spiro atoms. The number of aromatic nitrogens is 2. The third-order valence-corrected chi connectivity index (χ3v) is 3.00. The molecule has 1 heterocycles. The number of hydrogen-bond donors (Lipinski definition) is 1. The van der Waals surface area contributed by atoms with Crippen molar-refractivity contribution in [1.82, 2.24) is 14.7 Å². The van der Waals surface area contributed by atoms with Gasteiger partial charge >= 0.3 is 0 Å². The van der Waals surface area contributed by atoms with E-state index in [4.69, 9.17) is 5.73 Å². The van der Waals surface area contributed by atoms with Gasteiger partial charge in [0.1, 0.15) is 0 Å². The third kappa shape index (κ3) is 3.55. The maximum absolute atomic E-state index is 5.60. The fourth-order valence-corrected chi connectivity index (χ4v) is 1.47. The van der Waals surface area contributed by atoms with E-state index in [2.05, 4.69) is 37.8 Å². The summed E-state index contributed by atoms with van der Waals surface area (Å²) >= 11 is 0. The number of rotatable bonds is 5. The maximum Gasteiger partial charge on any atom is 0.0719 e. The van der Waals surface area contributed by atoms with E-state index in [1.807, 2.05) is 10.9 Å². The summed E-state index contributed by atoms with van der Waals surface area (Å²) in [5.41, 5.74) is 6.33. The Kier molecular flexibility index (Phi) is 4.15. The molecule has 1 aromatic heterocycles. The highest BCUT2D eigenvalue weighted by Gasteiger charge is 2.12. The van der Waals surface area contributed by atoms with E-state index in [1.54, 1.807) is 6.20 Å². The molecule has 0 radical (unpaired) electrons. The molecule has 1 unspecified atom stereocenters. The second-order valence-corrected chi connectivity index (χ2v) is 4.50. The second-order valence-electron chi connectivity index (χ2n) is 4.50. The fraction of sp³-hybridized carbons (Fsp3) is 0.727. The lowest BCUT2D eigenvalue weighted by Crippen LogP contribution is -2.35.